The maximum Gasteiger partial charge on any atom is 0.180 e. The molecule has 0 aliphatic rings. The number of halogens is 1. The largest absolute Gasteiger partial charge is 0.493 e. The van der Waals surface area contributed by atoms with E-state index in [2.05, 4.69) is 10.9 Å². The van der Waals surface area contributed by atoms with Crippen LogP contribution < -0.4 is 20.3 Å². The molecule has 0 amide bonds. The first-order chi connectivity index (χ1) is 10.6. The van der Waals surface area contributed by atoms with Crippen LogP contribution in [0.3, 0.4) is 0 Å². The Bertz CT molecular complexity index is 603. The summed E-state index contributed by atoms with van der Waals surface area (Å²) in [6.07, 6.45) is 0.0372. The van der Waals surface area contributed by atoms with Gasteiger partial charge in [-0.3, -0.25) is 0 Å². The summed E-state index contributed by atoms with van der Waals surface area (Å²) in [5.74, 6) is 1.22. The average Bonchev–Trinajstić information content (AvgIpc) is 2.50. The second-order valence-corrected chi connectivity index (χ2v) is 5.53. The van der Waals surface area contributed by atoms with Crippen molar-refractivity contribution in [3.05, 3.63) is 53.1 Å². The predicted octanol–water partition coefficient (Wildman–Crippen LogP) is 4.25. The Morgan fingerprint density at radius 3 is 2.50 bits per heavy atom. The van der Waals surface area contributed by atoms with E-state index in [-0.39, 0.29) is 6.10 Å². The Morgan fingerprint density at radius 1 is 1.14 bits per heavy atom. The molecule has 0 aliphatic carbocycles. The van der Waals surface area contributed by atoms with Gasteiger partial charge < -0.3 is 14.9 Å². The van der Waals surface area contributed by atoms with Crippen LogP contribution in [0.1, 0.15) is 19.4 Å². The van der Waals surface area contributed by atoms with Crippen molar-refractivity contribution in [2.45, 2.75) is 26.5 Å². The molecule has 0 aliphatic heterocycles. The van der Waals surface area contributed by atoms with Gasteiger partial charge in [-0.2, -0.15) is 0 Å². The highest BCUT2D eigenvalue weighted by atomic mass is 35.5. The van der Waals surface area contributed by atoms with Crippen molar-refractivity contribution in [3.8, 4) is 11.5 Å². The zero-order valence-electron chi connectivity index (χ0n) is 13.0. The van der Waals surface area contributed by atoms with Crippen molar-refractivity contribution in [2.75, 3.05) is 12.5 Å². The van der Waals surface area contributed by atoms with Crippen LogP contribution in [0.15, 0.2) is 42.5 Å². The number of hydrogen-bond acceptors (Lipinski definition) is 4. The lowest BCUT2D eigenvalue weighted by atomic mass is 10.2. The van der Waals surface area contributed by atoms with Gasteiger partial charge in [-0.1, -0.05) is 29.8 Å². The van der Waals surface area contributed by atoms with E-state index in [1.165, 1.54) is 0 Å². The summed E-state index contributed by atoms with van der Waals surface area (Å²) in [5, 5.41) is 0.546. The highest BCUT2D eigenvalue weighted by molar-refractivity contribution is 6.32. The topological polar surface area (TPSA) is 42.5 Å². The Balaban J connectivity index is 2.04. The van der Waals surface area contributed by atoms with Gasteiger partial charge in [0.2, 0.25) is 0 Å². The summed E-state index contributed by atoms with van der Waals surface area (Å²) in [5.41, 5.74) is 8.29. The molecule has 4 nitrogen and oxygen atoms in total. The SMILES string of the molecule is COc1cc(CNNc2ccccc2)cc(Cl)c1OC(C)C. The maximum atomic E-state index is 6.30. The number of benzene rings is 2. The molecule has 2 rings (SSSR count). The molecule has 22 heavy (non-hydrogen) atoms. The van der Waals surface area contributed by atoms with Gasteiger partial charge in [0.1, 0.15) is 0 Å². The van der Waals surface area contributed by atoms with Gasteiger partial charge in [-0.05, 0) is 43.7 Å². The smallest absolute Gasteiger partial charge is 0.180 e. The third kappa shape index (κ3) is 4.55. The zero-order valence-corrected chi connectivity index (χ0v) is 13.8. The van der Waals surface area contributed by atoms with E-state index in [0.29, 0.717) is 23.1 Å². The summed E-state index contributed by atoms with van der Waals surface area (Å²) in [6.45, 7) is 4.51. The van der Waals surface area contributed by atoms with Gasteiger partial charge in [-0.15, -0.1) is 0 Å². The molecule has 0 saturated carbocycles. The minimum Gasteiger partial charge on any atom is -0.493 e. The molecule has 0 bridgehead atoms. The second kappa shape index (κ2) is 7.92. The van der Waals surface area contributed by atoms with Crippen LogP contribution >= 0.6 is 11.6 Å². The number of nitrogens with one attached hydrogen (secondary N) is 2. The van der Waals surface area contributed by atoms with E-state index in [1.807, 2.05) is 56.3 Å². The highest BCUT2D eigenvalue weighted by Gasteiger charge is 2.13. The van der Waals surface area contributed by atoms with Crippen LogP contribution in [-0.2, 0) is 6.54 Å². The number of methoxy groups -OCH3 is 1. The Hall–Kier alpha value is -1.91. The fourth-order valence-corrected chi connectivity index (χ4v) is 2.27. The molecule has 0 atom stereocenters. The minimum absolute atomic E-state index is 0.0372. The number of anilines is 1. The fraction of sp³-hybridized carbons (Fsp3) is 0.294. The van der Waals surface area contributed by atoms with E-state index in [9.17, 15) is 0 Å². The number of hydrogen-bond donors (Lipinski definition) is 2. The minimum atomic E-state index is 0.0372. The van der Waals surface area contributed by atoms with Crippen LogP contribution in [0.5, 0.6) is 11.5 Å². The summed E-state index contributed by atoms with van der Waals surface area (Å²) in [7, 11) is 1.61. The Kier molecular flexibility index (Phi) is 5.92. The molecule has 0 saturated heterocycles. The Morgan fingerprint density at radius 2 is 1.86 bits per heavy atom. The van der Waals surface area contributed by atoms with Gasteiger partial charge in [0.15, 0.2) is 11.5 Å². The number of para-hydroxylation sites is 1. The van der Waals surface area contributed by atoms with E-state index in [4.69, 9.17) is 21.1 Å². The van der Waals surface area contributed by atoms with Gasteiger partial charge >= 0.3 is 0 Å². The standard InChI is InChI=1S/C17H21ClN2O2/c1-12(2)22-17-15(18)9-13(10-16(17)21-3)11-19-20-14-7-5-4-6-8-14/h4-10,12,19-20H,11H2,1-3H3. The molecule has 0 fully saturated rings. The van der Waals surface area contributed by atoms with Crippen LogP contribution in [0, 0.1) is 0 Å². The van der Waals surface area contributed by atoms with Crippen LogP contribution in [0.2, 0.25) is 5.02 Å². The zero-order chi connectivity index (χ0) is 15.9. The maximum absolute atomic E-state index is 6.30. The quantitative estimate of drug-likeness (QED) is 0.748. The van der Waals surface area contributed by atoms with Crippen LogP contribution in [0.25, 0.3) is 0 Å². The molecule has 0 aromatic heterocycles. The molecule has 5 heteroatoms. The second-order valence-electron chi connectivity index (χ2n) is 5.12. The molecule has 0 unspecified atom stereocenters. The molecule has 118 valence electrons. The van der Waals surface area contributed by atoms with Crippen LogP contribution in [0.4, 0.5) is 5.69 Å². The first-order valence-corrected chi connectivity index (χ1v) is 7.55. The summed E-state index contributed by atoms with van der Waals surface area (Å²) in [4.78, 5) is 0. The molecule has 2 aromatic carbocycles. The first kappa shape index (κ1) is 16.5. The van der Waals surface area contributed by atoms with Crippen molar-refractivity contribution in [1.82, 2.24) is 5.43 Å². The van der Waals surface area contributed by atoms with E-state index < -0.39 is 0 Å². The van der Waals surface area contributed by atoms with Gasteiger partial charge in [0.25, 0.3) is 0 Å². The van der Waals surface area contributed by atoms with Crippen molar-refractivity contribution in [2.24, 2.45) is 0 Å². The Labute approximate surface area is 136 Å². The van der Waals surface area contributed by atoms with Gasteiger partial charge in [-0.25, -0.2) is 5.43 Å². The van der Waals surface area contributed by atoms with E-state index >= 15 is 0 Å². The monoisotopic (exact) mass is 320 g/mol. The fourth-order valence-electron chi connectivity index (χ4n) is 2.00. The predicted molar refractivity (Wildman–Crippen MR) is 90.7 cm³/mol. The van der Waals surface area contributed by atoms with Crippen molar-refractivity contribution in [3.63, 3.8) is 0 Å². The highest BCUT2D eigenvalue weighted by Crippen LogP contribution is 2.37. The molecule has 0 heterocycles. The van der Waals surface area contributed by atoms with Gasteiger partial charge in [0.05, 0.1) is 18.2 Å². The number of hydrazine groups is 1. The summed E-state index contributed by atoms with van der Waals surface area (Å²) >= 11 is 6.30. The average molecular weight is 321 g/mol. The summed E-state index contributed by atoms with van der Waals surface area (Å²) in [6, 6.07) is 13.7. The third-order valence-corrected chi connectivity index (χ3v) is 3.22. The lowest BCUT2D eigenvalue weighted by Crippen LogP contribution is -2.20. The van der Waals surface area contributed by atoms with Crippen LogP contribution in [-0.4, -0.2) is 13.2 Å². The lowest BCUT2D eigenvalue weighted by molar-refractivity contribution is 0.230. The van der Waals surface area contributed by atoms with Crippen molar-refractivity contribution >= 4 is 17.3 Å². The van der Waals surface area contributed by atoms with Gasteiger partial charge in [0, 0.05) is 12.2 Å². The summed E-state index contributed by atoms with van der Waals surface area (Å²) < 4.78 is 11.1. The first-order valence-electron chi connectivity index (χ1n) is 7.17. The third-order valence-electron chi connectivity index (χ3n) is 2.94. The molecule has 0 spiro atoms. The normalized spacial score (nSPS) is 10.6. The molecule has 2 aromatic rings. The molecule has 0 radical (unpaired) electrons. The molecular formula is C17H21ClN2O2. The van der Waals surface area contributed by atoms with E-state index in [0.717, 1.165) is 11.3 Å². The van der Waals surface area contributed by atoms with Crippen molar-refractivity contribution in [1.29, 1.82) is 0 Å². The molecule has 2 N–H and O–H groups in total. The lowest BCUT2D eigenvalue weighted by Gasteiger charge is -2.17. The molecular weight excluding hydrogens is 300 g/mol. The number of rotatable bonds is 7. The van der Waals surface area contributed by atoms with E-state index in [1.54, 1.807) is 7.11 Å². The number of ether oxygens (including phenoxy) is 2. The van der Waals surface area contributed by atoms with Crippen molar-refractivity contribution < 1.29 is 9.47 Å².